The molecule has 0 spiro atoms. The van der Waals surface area contributed by atoms with E-state index in [0.29, 0.717) is 12.1 Å². The molecule has 1 rings (SSSR count). The topological polar surface area (TPSA) is 72.2 Å². The van der Waals surface area contributed by atoms with E-state index < -0.39 is 4.92 Å². The molecule has 0 radical (unpaired) electrons. The summed E-state index contributed by atoms with van der Waals surface area (Å²) in [5, 5.41) is 13.7. The molecule has 19 heavy (non-hydrogen) atoms. The Morgan fingerprint density at radius 3 is 2.58 bits per heavy atom. The van der Waals surface area contributed by atoms with Gasteiger partial charge < -0.3 is 5.32 Å². The van der Waals surface area contributed by atoms with E-state index in [2.05, 4.69) is 12.2 Å². The number of rotatable bonds is 6. The number of nitrogens with one attached hydrogen (secondary N) is 1. The summed E-state index contributed by atoms with van der Waals surface area (Å²) >= 11 is 0. The molecule has 0 saturated carbocycles. The largest absolute Gasteiger partial charge is 0.320 e. The van der Waals surface area contributed by atoms with E-state index in [4.69, 9.17) is 0 Å². The summed E-state index contributed by atoms with van der Waals surface area (Å²) in [4.78, 5) is 22.3. The smallest absolute Gasteiger partial charge is 0.293 e. The Hall–Kier alpha value is -1.91. The van der Waals surface area contributed by atoms with Gasteiger partial charge in [-0.15, -0.1) is 0 Å². The predicted molar refractivity (Wildman–Crippen MR) is 75.3 cm³/mol. The van der Waals surface area contributed by atoms with E-state index in [-0.39, 0.29) is 11.6 Å². The van der Waals surface area contributed by atoms with Gasteiger partial charge in [-0.05, 0) is 31.4 Å². The molecule has 1 N–H and O–H groups in total. The summed E-state index contributed by atoms with van der Waals surface area (Å²) in [6.07, 6.45) is 3.23. The number of nitrogens with zero attached hydrogens (tertiary/aromatic N) is 1. The van der Waals surface area contributed by atoms with Crippen LogP contribution >= 0.6 is 0 Å². The van der Waals surface area contributed by atoms with Crippen LogP contribution in [0.15, 0.2) is 12.1 Å². The van der Waals surface area contributed by atoms with Gasteiger partial charge in [0, 0.05) is 12.5 Å². The second-order valence-corrected chi connectivity index (χ2v) is 4.66. The Balaban J connectivity index is 2.89. The maximum absolute atomic E-state index is 11.8. The van der Waals surface area contributed by atoms with Gasteiger partial charge in [0.1, 0.15) is 5.69 Å². The zero-order valence-electron chi connectivity index (χ0n) is 11.7. The second kappa shape index (κ2) is 6.87. The van der Waals surface area contributed by atoms with Gasteiger partial charge in [-0.3, -0.25) is 14.9 Å². The lowest BCUT2D eigenvalue weighted by atomic mass is 10.1. The quantitative estimate of drug-likeness (QED) is 0.483. The lowest BCUT2D eigenvalue weighted by molar-refractivity contribution is -0.384. The van der Waals surface area contributed by atoms with Crippen LogP contribution in [0.1, 0.15) is 43.7 Å². The minimum Gasteiger partial charge on any atom is -0.320 e. The lowest BCUT2D eigenvalue weighted by Crippen LogP contribution is -2.14. The van der Waals surface area contributed by atoms with Crippen LogP contribution in [0.2, 0.25) is 0 Å². The van der Waals surface area contributed by atoms with Crippen molar-refractivity contribution in [2.45, 2.75) is 46.5 Å². The monoisotopic (exact) mass is 264 g/mol. The van der Waals surface area contributed by atoms with Crippen LogP contribution in [0.4, 0.5) is 11.4 Å². The first-order valence-corrected chi connectivity index (χ1v) is 6.51. The molecule has 1 aromatic carbocycles. The average molecular weight is 264 g/mol. The van der Waals surface area contributed by atoms with E-state index in [1.54, 1.807) is 13.0 Å². The molecule has 0 aliphatic carbocycles. The van der Waals surface area contributed by atoms with Crippen molar-refractivity contribution < 1.29 is 9.72 Å². The summed E-state index contributed by atoms with van der Waals surface area (Å²) < 4.78 is 0. The average Bonchev–Trinajstić information content (AvgIpc) is 2.35. The molecule has 0 aliphatic heterocycles. The number of carbonyl (C=O) groups excluding carboxylic acids is 1. The Bertz CT molecular complexity index is 484. The zero-order chi connectivity index (χ0) is 14.4. The number of amides is 1. The SMILES string of the molecule is CCCCCC(=O)Nc1c([N+](=O)[O-])ccc(C)c1C. The predicted octanol–water partition coefficient (Wildman–Crippen LogP) is 3.73. The van der Waals surface area contributed by atoms with Gasteiger partial charge in [-0.1, -0.05) is 25.8 Å². The fourth-order valence-corrected chi connectivity index (χ4v) is 1.85. The first kappa shape index (κ1) is 15.1. The minimum atomic E-state index is -0.464. The Morgan fingerprint density at radius 1 is 1.32 bits per heavy atom. The molecule has 0 saturated heterocycles. The van der Waals surface area contributed by atoms with Crippen molar-refractivity contribution in [1.82, 2.24) is 0 Å². The minimum absolute atomic E-state index is 0.0491. The van der Waals surface area contributed by atoms with Crippen molar-refractivity contribution >= 4 is 17.3 Å². The molecule has 0 bridgehead atoms. The maximum Gasteiger partial charge on any atom is 0.293 e. The number of nitro groups is 1. The molecule has 104 valence electrons. The zero-order valence-corrected chi connectivity index (χ0v) is 11.7. The molecule has 0 aliphatic rings. The van der Waals surface area contributed by atoms with Crippen molar-refractivity contribution in [3.8, 4) is 0 Å². The highest BCUT2D eigenvalue weighted by Gasteiger charge is 2.18. The molecule has 1 aromatic rings. The summed E-state index contributed by atoms with van der Waals surface area (Å²) in [6, 6.07) is 3.13. The van der Waals surface area contributed by atoms with E-state index in [0.717, 1.165) is 30.4 Å². The summed E-state index contributed by atoms with van der Waals surface area (Å²) in [7, 11) is 0. The highest BCUT2D eigenvalue weighted by atomic mass is 16.6. The van der Waals surface area contributed by atoms with E-state index in [1.165, 1.54) is 6.07 Å². The van der Waals surface area contributed by atoms with Crippen molar-refractivity contribution in [2.75, 3.05) is 5.32 Å². The van der Waals surface area contributed by atoms with Gasteiger partial charge >= 0.3 is 0 Å². The highest BCUT2D eigenvalue weighted by molar-refractivity contribution is 5.94. The van der Waals surface area contributed by atoms with Crippen molar-refractivity contribution in [3.05, 3.63) is 33.4 Å². The van der Waals surface area contributed by atoms with Crippen LogP contribution in [0.3, 0.4) is 0 Å². The maximum atomic E-state index is 11.8. The van der Waals surface area contributed by atoms with Gasteiger partial charge in [0.05, 0.1) is 4.92 Å². The number of unbranched alkanes of at least 4 members (excludes halogenated alkanes) is 2. The standard InChI is InChI=1S/C14H20N2O3/c1-4-5-6-7-13(17)15-14-11(3)10(2)8-9-12(14)16(18)19/h8-9H,4-7H2,1-3H3,(H,15,17). The van der Waals surface area contributed by atoms with Crippen LogP contribution in [-0.4, -0.2) is 10.8 Å². The molecular formula is C14H20N2O3. The van der Waals surface area contributed by atoms with E-state index in [1.807, 2.05) is 6.92 Å². The number of hydrogen-bond donors (Lipinski definition) is 1. The first-order chi connectivity index (χ1) is 8.97. The molecule has 0 aromatic heterocycles. The highest BCUT2D eigenvalue weighted by Crippen LogP contribution is 2.30. The van der Waals surface area contributed by atoms with Gasteiger partial charge in [-0.25, -0.2) is 0 Å². The number of carbonyl (C=O) groups is 1. The number of benzene rings is 1. The van der Waals surface area contributed by atoms with E-state index >= 15 is 0 Å². The molecule has 0 atom stereocenters. The van der Waals surface area contributed by atoms with Crippen LogP contribution in [0.25, 0.3) is 0 Å². The van der Waals surface area contributed by atoms with Gasteiger partial charge in [0.15, 0.2) is 0 Å². The van der Waals surface area contributed by atoms with Crippen LogP contribution < -0.4 is 5.32 Å². The Labute approximate surface area is 113 Å². The first-order valence-electron chi connectivity index (χ1n) is 6.51. The second-order valence-electron chi connectivity index (χ2n) is 4.66. The Morgan fingerprint density at radius 2 is 2.00 bits per heavy atom. The number of nitro benzene ring substituents is 1. The van der Waals surface area contributed by atoms with Crippen molar-refractivity contribution in [1.29, 1.82) is 0 Å². The summed E-state index contributed by atoms with van der Waals surface area (Å²) in [6.45, 7) is 5.71. The lowest BCUT2D eigenvalue weighted by Gasteiger charge is -2.11. The summed E-state index contributed by atoms with van der Waals surface area (Å²) in [5.74, 6) is -0.162. The third-order valence-electron chi connectivity index (χ3n) is 3.18. The van der Waals surface area contributed by atoms with Gasteiger partial charge in [0.25, 0.3) is 5.69 Å². The molecular weight excluding hydrogens is 244 g/mol. The molecule has 1 amide bonds. The normalized spacial score (nSPS) is 10.3. The van der Waals surface area contributed by atoms with Crippen LogP contribution in [0, 0.1) is 24.0 Å². The van der Waals surface area contributed by atoms with Gasteiger partial charge in [-0.2, -0.15) is 0 Å². The number of anilines is 1. The number of aryl methyl sites for hydroxylation is 1. The van der Waals surface area contributed by atoms with Crippen LogP contribution in [0.5, 0.6) is 0 Å². The summed E-state index contributed by atoms with van der Waals surface area (Å²) in [5.41, 5.74) is 1.95. The fourth-order valence-electron chi connectivity index (χ4n) is 1.85. The molecule has 0 heterocycles. The third kappa shape index (κ3) is 4.05. The van der Waals surface area contributed by atoms with Crippen molar-refractivity contribution in [3.63, 3.8) is 0 Å². The van der Waals surface area contributed by atoms with Crippen molar-refractivity contribution in [2.24, 2.45) is 0 Å². The molecule has 0 fully saturated rings. The molecule has 0 unspecified atom stereocenters. The Kier molecular flexibility index (Phi) is 5.48. The number of hydrogen-bond acceptors (Lipinski definition) is 3. The molecule has 5 heteroatoms. The fraction of sp³-hybridized carbons (Fsp3) is 0.500. The van der Waals surface area contributed by atoms with Gasteiger partial charge in [0.2, 0.25) is 5.91 Å². The molecule has 5 nitrogen and oxygen atoms in total. The third-order valence-corrected chi connectivity index (χ3v) is 3.18. The van der Waals surface area contributed by atoms with Crippen LogP contribution in [-0.2, 0) is 4.79 Å². The van der Waals surface area contributed by atoms with E-state index in [9.17, 15) is 14.9 Å².